The highest BCUT2D eigenvalue weighted by atomic mass is 28.3. The Labute approximate surface area is 61.7 Å². The van der Waals surface area contributed by atoms with Crippen LogP contribution in [0.5, 0.6) is 0 Å². The maximum atomic E-state index is 5.44. The molecule has 0 N–H and O–H groups in total. The second-order valence-electron chi connectivity index (χ2n) is 2.41. The van der Waals surface area contributed by atoms with Gasteiger partial charge in [-0.05, 0) is 13.8 Å². The molecule has 0 fully saturated rings. The van der Waals surface area contributed by atoms with Gasteiger partial charge in [0, 0.05) is 0 Å². The Kier molecular flexibility index (Phi) is 4.66. The molecule has 52 valence electrons. The molecule has 9 heavy (non-hydrogen) atoms. The highest BCUT2D eigenvalue weighted by Gasteiger charge is 1.88. The third kappa shape index (κ3) is 7.87. The van der Waals surface area contributed by atoms with Crippen molar-refractivity contribution < 1.29 is 4.12 Å². The third-order valence-electron chi connectivity index (χ3n) is 0.697. The minimum absolute atomic E-state index is 0.390. The van der Waals surface area contributed by atoms with E-state index < -0.39 is 19.5 Å². The highest BCUT2D eigenvalue weighted by molar-refractivity contribution is 6.51. The monoisotopic (exact) mass is 158 g/mol. The second-order valence-corrected chi connectivity index (χ2v) is 7.03. The summed E-state index contributed by atoms with van der Waals surface area (Å²) in [6.45, 7) is 11.6. The molecule has 0 aromatic heterocycles. The van der Waals surface area contributed by atoms with Gasteiger partial charge in [-0.15, -0.1) is 13.2 Å². The molecule has 0 heterocycles. The summed E-state index contributed by atoms with van der Waals surface area (Å²) in [4.78, 5) is 0. The van der Waals surface area contributed by atoms with Gasteiger partial charge in [0.1, 0.15) is 0 Å². The first-order valence-corrected chi connectivity index (χ1v) is 5.56. The number of hydrogen-bond donors (Lipinski definition) is 0. The Bertz CT molecular complexity index is 106. The maximum Gasteiger partial charge on any atom is 0.173 e. The minimum Gasteiger partial charge on any atom is -0.458 e. The van der Waals surface area contributed by atoms with Crippen molar-refractivity contribution in [2.75, 3.05) is 0 Å². The van der Waals surface area contributed by atoms with Gasteiger partial charge < -0.3 is 4.12 Å². The molecule has 0 unspecified atom stereocenters. The van der Waals surface area contributed by atoms with Gasteiger partial charge in [-0.2, -0.15) is 0 Å². The summed E-state index contributed by atoms with van der Waals surface area (Å²) in [5.41, 5.74) is 0. The van der Waals surface area contributed by atoms with Gasteiger partial charge >= 0.3 is 0 Å². The maximum absolute atomic E-state index is 5.44. The molecule has 0 saturated heterocycles. The van der Waals surface area contributed by atoms with Crippen molar-refractivity contribution >= 4 is 19.5 Å². The molecule has 0 aliphatic heterocycles. The van der Waals surface area contributed by atoms with Gasteiger partial charge in [0.25, 0.3) is 0 Å². The first-order valence-electron chi connectivity index (χ1n) is 2.99. The van der Waals surface area contributed by atoms with E-state index in [0.29, 0.717) is 0 Å². The predicted octanol–water partition coefficient (Wildman–Crippen LogP) is 0.238. The average Bonchev–Trinajstić information content (AvgIpc) is 1.63. The molecule has 0 aliphatic rings. The summed E-state index contributed by atoms with van der Waals surface area (Å²) in [6.07, 6.45) is 0. The van der Waals surface area contributed by atoms with Gasteiger partial charge in [-0.1, -0.05) is 10.4 Å². The van der Waals surface area contributed by atoms with Crippen LogP contribution in [0.4, 0.5) is 0 Å². The lowest BCUT2D eigenvalue weighted by atomic mass is 10.8. The van der Waals surface area contributed by atoms with Crippen molar-refractivity contribution in [2.45, 2.75) is 13.8 Å². The molecule has 0 amide bonds. The van der Waals surface area contributed by atoms with Crippen LogP contribution in [-0.2, 0) is 4.12 Å². The molecule has 0 aromatic carbocycles. The van der Waals surface area contributed by atoms with Crippen LogP contribution in [0.25, 0.3) is 0 Å². The van der Waals surface area contributed by atoms with Gasteiger partial charge in [0.05, 0.1) is 0 Å². The highest BCUT2D eigenvalue weighted by Crippen LogP contribution is 1.87. The molecular formula is C6H14OSi2. The fourth-order valence-electron chi connectivity index (χ4n) is 0.399. The van der Waals surface area contributed by atoms with E-state index in [2.05, 4.69) is 13.2 Å². The van der Waals surface area contributed by atoms with E-state index in [0.717, 1.165) is 0 Å². The van der Waals surface area contributed by atoms with Crippen molar-refractivity contribution in [3.8, 4) is 0 Å². The molecule has 0 saturated carbocycles. The normalized spacial score (nSPS) is 11.8. The zero-order chi connectivity index (χ0) is 7.28. The van der Waals surface area contributed by atoms with E-state index in [-0.39, 0.29) is 0 Å². The van der Waals surface area contributed by atoms with Gasteiger partial charge in [0.2, 0.25) is 0 Å². The summed E-state index contributed by atoms with van der Waals surface area (Å²) >= 11 is 0. The van der Waals surface area contributed by atoms with Crippen LogP contribution in [0.3, 0.4) is 0 Å². The number of hydrogen-bond acceptors (Lipinski definition) is 1. The van der Waals surface area contributed by atoms with Crippen LogP contribution in [0, 0.1) is 0 Å². The molecule has 0 bridgehead atoms. The standard InChI is InChI=1S/C6H14OSi2/c1-5(2)8-7-9-6(3)4/h1,3,8-9H2,2,4H3. The lowest BCUT2D eigenvalue weighted by Crippen LogP contribution is -2.05. The lowest BCUT2D eigenvalue weighted by Gasteiger charge is -2.00. The molecule has 1 nitrogen and oxygen atoms in total. The van der Waals surface area contributed by atoms with Crippen LogP contribution in [-0.4, -0.2) is 19.5 Å². The summed E-state index contributed by atoms with van der Waals surface area (Å²) in [5.74, 6) is 0. The fraction of sp³-hybridized carbons (Fsp3) is 0.333. The Balaban J connectivity index is 3.10. The minimum atomic E-state index is -0.390. The average molecular weight is 158 g/mol. The number of rotatable bonds is 4. The molecular weight excluding hydrogens is 144 g/mol. The largest absolute Gasteiger partial charge is 0.458 e. The molecule has 0 rings (SSSR count). The quantitative estimate of drug-likeness (QED) is 0.533. The summed E-state index contributed by atoms with van der Waals surface area (Å²) in [6, 6.07) is 0. The molecule has 0 aromatic rings. The van der Waals surface area contributed by atoms with Crippen LogP contribution in [0.2, 0.25) is 0 Å². The Hall–Kier alpha value is -0.126. The predicted molar refractivity (Wildman–Crippen MR) is 47.8 cm³/mol. The van der Waals surface area contributed by atoms with Crippen molar-refractivity contribution in [2.24, 2.45) is 0 Å². The Morgan fingerprint density at radius 1 is 1.11 bits per heavy atom. The topological polar surface area (TPSA) is 9.23 Å². The molecule has 0 aliphatic carbocycles. The van der Waals surface area contributed by atoms with E-state index in [4.69, 9.17) is 4.12 Å². The third-order valence-corrected chi connectivity index (χ3v) is 3.32. The summed E-state index contributed by atoms with van der Waals surface area (Å²) in [7, 11) is -0.781. The van der Waals surface area contributed by atoms with E-state index in [1.807, 2.05) is 13.8 Å². The van der Waals surface area contributed by atoms with Crippen molar-refractivity contribution in [1.82, 2.24) is 0 Å². The zero-order valence-electron chi connectivity index (χ0n) is 6.24. The van der Waals surface area contributed by atoms with Crippen LogP contribution >= 0.6 is 0 Å². The van der Waals surface area contributed by atoms with E-state index in [1.165, 1.54) is 10.4 Å². The summed E-state index contributed by atoms with van der Waals surface area (Å²) < 4.78 is 5.44. The van der Waals surface area contributed by atoms with E-state index in [1.54, 1.807) is 0 Å². The smallest absolute Gasteiger partial charge is 0.173 e. The first kappa shape index (κ1) is 8.87. The number of allylic oxidation sites excluding steroid dienone is 2. The van der Waals surface area contributed by atoms with Crippen molar-refractivity contribution in [3.63, 3.8) is 0 Å². The SMILES string of the molecule is C=C(C)[SiH2]O[SiH2]C(=C)C. The molecule has 0 spiro atoms. The lowest BCUT2D eigenvalue weighted by molar-refractivity contribution is 0.654. The molecule has 3 heteroatoms. The summed E-state index contributed by atoms with van der Waals surface area (Å²) in [5, 5.41) is 2.45. The molecule has 0 radical (unpaired) electrons. The zero-order valence-corrected chi connectivity index (χ0v) is 9.07. The first-order chi connectivity index (χ1) is 4.13. The molecule has 0 atom stereocenters. The second kappa shape index (κ2) is 4.72. The van der Waals surface area contributed by atoms with Gasteiger partial charge in [0.15, 0.2) is 19.5 Å². The van der Waals surface area contributed by atoms with Gasteiger partial charge in [-0.25, -0.2) is 0 Å². The van der Waals surface area contributed by atoms with E-state index >= 15 is 0 Å². The van der Waals surface area contributed by atoms with Gasteiger partial charge in [-0.3, -0.25) is 0 Å². The van der Waals surface area contributed by atoms with Crippen LogP contribution < -0.4 is 0 Å². The van der Waals surface area contributed by atoms with Crippen LogP contribution in [0.15, 0.2) is 23.6 Å². The van der Waals surface area contributed by atoms with Crippen LogP contribution in [0.1, 0.15) is 13.8 Å². The van der Waals surface area contributed by atoms with Crippen molar-refractivity contribution in [3.05, 3.63) is 23.6 Å². The van der Waals surface area contributed by atoms with Crippen molar-refractivity contribution in [1.29, 1.82) is 0 Å². The Morgan fingerprint density at radius 2 is 1.44 bits per heavy atom. The fourth-order valence-corrected chi connectivity index (χ4v) is 3.60. The van der Waals surface area contributed by atoms with E-state index in [9.17, 15) is 0 Å². The Morgan fingerprint density at radius 3 is 1.67 bits per heavy atom.